The van der Waals surface area contributed by atoms with Crippen LogP contribution >= 0.6 is 0 Å². The summed E-state index contributed by atoms with van der Waals surface area (Å²) in [6, 6.07) is 12.2. The minimum absolute atomic E-state index is 0.00180. The number of nitrogens with zero attached hydrogens (tertiary/aromatic N) is 2. The van der Waals surface area contributed by atoms with Crippen LogP contribution in [0.1, 0.15) is 15.9 Å². The Morgan fingerprint density at radius 3 is 2.33 bits per heavy atom. The first-order valence-electron chi connectivity index (χ1n) is 5.99. The summed E-state index contributed by atoms with van der Waals surface area (Å²) in [6.07, 6.45) is 1.40. The smallest absolute Gasteiger partial charge is 0.271 e. The first-order valence-corrected chi connectivity index (χ1v) is 5.99. The SMILES string of the molecule is Nc1ccc(C(=O)NN=Cc2ccc([N+](=O)[O-])cc2)cc1. The molecule has 0 heterocycles. The molecule has 0 aliphatic heterocycles. The molecule has 0 spiro atoms. The van der Waals surface area contributed by atoms with Gasteiger partial charge >= 0.3 is 0 Å². The number of hydrogen-bond acceptors (Lipinski definition) is 5. The summed E-state index contributed by atoms with van der Waals surface area (Å²) in [4.78, 5) is 21.8. The van der Waals surface area contributed by atoms with Crippen molar-refractivity contribution in [2.45, 2.75) is 0 Å². The van der Waals surface area contributed by atoms with Crippen molar-refractivity contribution in [3.05, 3.63) is 69.8 Å². The quantitative estimate of drug-likeness (QED) is 0.387. The van der Waals surface area contributed by atoms with E-state index in [2.05, 4.69) is 10.5 Å². The summed E-state index contributed by atoms with van der Waals surface area (Å²) >= 11 is 0. The van der Waals surface area contributed by atoms with Crippen molar-refractivity contribution < 1.29 is 9.72 Å². The van der Waals surface area contributed by atoms with Crippen LogP contribution in [0.15, 0.2) is 53.6 Å². The highest BCUT2D eigenvalue weighted by Crippen LogP contribution is 2.10. The van der Waals surface area contributed by atoms with Crippen LogP contribution in [0.3, 0.4) is 0 Å². The number of nitrogens with two attached hydrogens (primary N) is 1. The number of hydrogen-bond donors (Lipinski definition) is 2. The third-order valence-corrected chi connectivity index (χ3v) is 2.66. The lowest BCUT2D eigenvalue weighted by Crippen LogP contribution is -2.17. The topological polar surface area (TPSA) is 111 Å². The highest BCUT2D eigenvalue weighted by molar-refractivity contribution is 5.95. The minimum atomic E-state index is -0.482. The summed E-state index contributed by atoms with van der Waals surface area (Å²) in [5.41, 5.74) is 9.53. The first-order chi connectivity index (χ1) is 10.1. The molecule has 0 aromatic heterocycles. The van der Waals surface area contributed by atoms with Crippen LogP contribution in [0.5, 0.6) is 0 Å². The molecule has 3 N–H and O–H groups in total. The standard InChI is InChI=1S/C14H12N4O3/c15-12-5-3-11(4-6-12)14(19)17-16-9-10-1-7-13(8-2-10)18(20)21/h1-9H,15H2,(H,17,19). The zero-order valence-corrected chi connectivity index (χ0v) is 10.9. The van der Waals surface area contributed by atoms with Crippen LogP contribution in [-0.4, -0.2) is 17.0 Å². The fraction of sp³-hybridized carbons (Fsp3) is 0. The molecule has 0 unspecified atom stereocenters. The Hall–Kier alpha value is -3.22. The molecule has 0 saturated heterocycles. The summed E-state index contributed by atoms with van der Waals surface area (Å²) in [5.74, 6) is -0.367. The van der Waals surface area contributed by atoms with Crippen LogP contribution < -0.4 is 11.2 Å². The Bertz CT molecular complexity index is 678. The van der Waals surface area contributed by atoms with Crippen molar-refractivity contribution in [3.63, 3.8) is 0 Å². The summed E-state index contributed by atoms with van der Waals surface area (Å²) in [6.45, 7) is 0. The molecule has 0 bridgehead atoms. The van der Waals surface area contributed by atoms with Crippen molar-refractivity contribution in [2.24, 2.45) is 5.10 Å². The van der Waals surface area contributed by atoms with E-state index in [0.29, 0.717) is 16.8 Å². The molecule has 2 aromatic rings. The zero-order chi connectivity index (χ0) is 15.2. The zero-order valence-electron chi connectivity index (χ0n) is 10.9. The van der Waals surface area contributed by atoms with Gasteiger partial charge in [-0.15, -0.1) is 0 Å². The number of hydrazone groups is 1. The van der Waals surface area contributed by atoms with E-state index in [4.69, 9.17) is 5.73 Å². The molecule has 2 rings (SSSR count). The Kier molecular flexibility index (Phi) is 4.25. The largest absolute Gasteiger partial charge is 0.399 e. The third-order valence-electron chi connectivity index (χ3n) is 2.66. The molecular formula is C14H12N4O3. The van der Waals surface area contributed by atoms with Crippen LogP contribution in [-0.2, 0) is 0 Å². The molecule has 0 radical (unpaired) electrons. The van der Waals surface area contributed by atoms with Gasteiger partial charge in [-0.1, -0.05) is 0 Å². The fourth-order valence-corrected chi connectivity index (χ4v) is 1.55. The van der Waals surface area contributed by atoms with Crippen molar-refractivity contribution in [1.29, 1.82) is 0 Å². The van der Waals surface area contributed by atoms with E-state index in [1.807, 2.05) is 0 Å². The lowest BCUT2D eigenvalue weighted by molar-refractivity contribution is -0.384. The van der Waals surface area contributed by atoms with Crippen LogP contribution in [0.25, 0.3) is 0 Å². The van der Waals surface area contributed by atoms with E-state index in [0.717, 1.165) is 0 Å². The maximum atomic E-state index is 11.7. The number of nitro groups is 1. The average molecular weight is 284 g/mol. The van der Waals surface area contributed by atoms with E-state index in [9.17, 15) is 14.9 Å². The molecule has 0 fully saturated rings. The number of nitro benzene ring substituents is 1. The average Bonchev–Trinajstić information content (AvgIpc) is 2.48. The lowest BCUT2D eigenvalue weighted by atomic mass is 10.2. The van der Waals surface area contributed by atoms with E-state index in [-0.39, 0.29) is 11.6 Å². The molecule has 2 aromatic carbocycles. The summed E-state index contributed by atoms with van der Waals surface area (Å²) < 4.78 is 0. The molecule has 0 atom stereocenters. The van der Waals surface area contributed by atoms with E-state index >= 15 is 0 Å². The maximum absolute atomic E-state index is 11.7. The third kappa shape index (κ3) is 3.87. The summed E-state index contributed by atoms with van der Waals surface area (Å²) in [7, 11) is 0. The number of amides is 1. The molecule has 106 valence electrons. The van der Waals surface area contributed by atoms with E-state index < -0.39 is 4.92 Å². The van der Waals surface area contributed by atoms with Gasteiger partial charge in [-0.25, -0.2) is 5.43 Å². The number of nitrogens with one attached hydrogen (secondary N) is 1. The fourth-order valence-electron chi connectivity index (χ4n) is 1.55. The van der Waals surface area contributed by atoms with Crippen molar-refractivity contribution in [1.82, 2.24) is 5.43 Å². The van der Waals surface area contributed by atoms with Crippen molar-refractivity contribution >= 4 is 23.5 Å². The number of anilines is 1. The predicted molar refractivity (Wildman–Crippen MR) is 79.0 cm³/mol. The molecule has 1 amide bonds. The van der Waals surface area contributed by atoms with Gasteiger partial charge in [0.2, 0.25) is 0 Å². The summed E-state index contributed by atoms with van der Waals surface area (Å²) in [5, 5.41) is 14.3. The van der Waals surface area contributed by atoms with Gasteiger partial charge in [0.1, 0.15) is 0 Å². The van der Waals surface area contributed by atoms with Crippen molar-refractivity contribution in [2.75, 3.05) is 5.73 Å². The van der Waals surface area contributed by atoms with Crippen LogP contribution in [0.2, 0.25) is 0 Å². The Morgan fingerprint density at radius 1 is 1.14 bits per heavy atom. The predicted octanol–water partition coefficient (Wildman–Crippen LogP) is 1.94. The Morgan fingerprint density at radius 2 is 1.76 bits per heavy atom. The highest BCUT2D eigenvalue weighted by Gasteiger charge is 2.04. The second kappa shape index (κ2) is 6.29. The first kappa shape index (κ1) is 14.2. The Labute approximate surface area is 120 Å². The minimum Gasteiger partial charge on any atom is -0.399 e. The molecule has 0 aliphatic carbocycles. The van der Waals surface area contributed by atoms with Gasteiger partial charge in [-0.2, -0.15) is 5.10 Å². The number of carbonyl (C=O) groups excluding carboxylic acids is 1. The normalized spacial score (nSPS) is 10.5. The lowest BCUT2D eigenvalue weighted by Gasteiger charge is -2.00. The number of non-ortho nitro benzene ring substituents is 1. The second-order valence-electron chi connectivity index (χ2n) is 4.17. The molecule has 0 aliphatic rings. The van der Waals surface area contributed by atoms with Gasteiger partial charge in [0, 0.05) is 23.4 Å². The van der Waals surface area contributed by atoms with Crippen LogP contribution in [0.4, 0.5) is 11.4 Å². The number of benzene rings is 2. The van der Waals surface area contributed by atoms with Gasteiger partial charge in [0.25, 0.3) is 11.6 Å². The van der Waals surface area contributed by atoms with Gasteiger partial charge in [0.15, 0.2) is 0 Å². The molecule has 21 heavy (non-hydrogen) atoms. The number of rotatable bonds is 4. The number of nitrogen functional groups attached to an aromatic ring is 1. The number of carbonyl (C=O) groups is 1. The molecule has 7 heteroatoms. The Balaban J connectivity index is 1.97. The van der Waals surface area contributed by atoms with Gasteiger partial charge in [0.05, 0.1) is 11.1 Å². The van der Waals surface area contributed by atoms with Gasteiger partial charge in [-0.05, 0) is 42.0 Å². The van der Waals surface area contributed by atoms with E-state index in [1.54, 1.807) is 24.3 Å². The second-order valence-corrected chi connectivity index (χ2v) is 4.17. The highest BCUT2D eigenvalue weighted by atomic mass is 16.6. The van der Waals surface area contributed by atoms with Gasteiger partial charge in [-0.3, -0.25) is 14.9 Å². The van der Waals surface area contributed by atoms with E-state index in [1.165, 1.54) is 30.5 Å². The van der Waals surface area contributed by atoms with Gasteiger partial charge < -0.3 is 5.73 Å². The molecule has 7 nitrogen and oxygen atoms in total. The molecule has 0 saturated carbocycles. The molecular weight excluding hydrogens is 272 g/mol. The van der Waals surface area contributed by atoms with Crippen LogP contribution in [0, 0.1) is 10.1 Å². The van der Waals surface area contributed by atoms with Crippen molar-refractivity contribution in [3.8, 4) is 0 Å². The maximum Gasteiger partial charge on any atom is 0.271 e. The monoisotopic (exact) mass is 284 g/mol.